The molecule has 0 fully saturated rings. The lowest BCUT2D eigenvalue weighted by Gasteiger charge is -2.15. The van der Waals surface area contributed by atoms with Crippen LogP contribution in [0.25, 0.3) is 0 Å². The molecule has 0 heterocycles. The Morgan fingerprint density at radius 2 is 1.65 bits per heavy atom. The molecule has 2 N–H and O–H groups in total. The third-order valence-corrected chi connectivity index (χ3v) is 3.45. The van der Waals surface area contributed by atoms with Crippen LogP contribution >= 0.6 is 0 Å². The second-order valence-electron chi connectivity index (χ2n) is 5.24. The summed E-state index contributed by atoms with van der Waals surface area (Å²) in [5.41, 5.74) is 2.14. The Hall–Kier alpha value is -1.35. The van der Waals surface area contributed by atoms with Crippen molar-refractivity contribution in [3.63, 3.8) is 0 Å². The number of hydrogen-bond acceptors (Lipinski definition) is 2. The molecule has 3 heteroatoms. The van der Waals surface area contributed by atoms with Crippen molar-refractivity contribution in [2.45, 2.75) is 53.0 Å². The summed E-state index contributed by atoms with van der Waals surface area (Å²) in [6.07, 6.45) is 4.05. The van der Waals surface area contributed by atoms with Crippen LogP contribution in [0.2, 0.25) is 0 Å². The molecule has 1 rings (SSSR count). The van der Waals surface area contributed by atoms with Gasteiger partial charge < -0.3 is 10.6 Å². The fraction of sp³-hybridized carbons (Fsp3) is 0.588. The highest BCUT2D eigenvalue weighted by atomic mass is 16.1. The molecule has 0 aliphatic heterocycles. The molecule has 0 aromatic heterocycles. The first kappa shape index (κ1) is 16.7. The third-order valence-electron chi connectivity index (χ3n) is 3.45. The van der Waals surface area contributed by atoms with E-state index in [4.69, 9.17) is 0 Å². The van der Waals surface area contributed by atoms with Crippen LogP contribution in [0.15, 0.2) is 24.3 Å². The summed E-state index contributed by atoms with van der Waals surface area (Å²) in [4.78, 5) is 12.2. The number of benzene rings is 1. The van der Waals surface area contributed by atoms with Gasteiger partial charge in [0.15, 0.2) is 0 Å². The Kier molecular flexibility index (Phi) is 7.97. The fourth-order valence-corrected chi connectivity index (χ4v) is 2.32. The molecule has 0 radical (unpaired) electrons. The molecule has 0 saturated heterocycles. The van der Waals surface area contributed by atoms with Crippen LogP contribution in [-0.4, -0.2) is 12.5 Å². The number of hydrogen-bond donors (Lipinski definition) is 2. The van der Waals surface area contributed by atoms with Gasteiger partial charge in [-0.15, -0.1) is 0 Å². The first-order valence-electron chi connectivity index (χ1n) is 7.81. The maximum absolute atomic E-state index is 12.2. The van der Waals surface area contributed by atoms with Gasteiger partial charge in [-0.25, -0.2) is 0 Å². The van der Waals surface area contributed by atoms with Crippen LogP contribution < -0.4 is 10.6 Å². The zero-order valence-electron chi connectivity index (χ0n) is 13.0. The average molecular weight is 276 g/mol. The topological polar surface area (TPSA) is 41.1 Å². The van der Waals surface area contributed by atoms with Crippen molar-refractivity contribution in [3.8, 4) is 0 Å². The molecule has 0 aliphatic rings. The predicted molar refractivity (Wildman–Crippen MR) is 85.8 cm³/mol. The van der Waals surface area contributed by atoms with Crippen molar-refractivity contribution in [1.82, 2.24) is 5.32 Å². The first-order valence-corrected chi connectivity index (χ1v) is 7.81. The number of carbonyl (C=O) groups excluding carboxylic acids is 1. The van der Waals surface area contributed by atoms with E-state index in [0.29, 0.717) is 0 Å². The highest BCUT2D eigenvalue weighted by Crippen LogP contribution is 2.17. The number of nitrogens with one attached hydrogen (secondary N) is 2. The zero-order valence-corrected chi connectivity index (χ0v) is 13.0. The van der Waals surface area contributed by atoms with E-state index in [-0.39, 0.29) is 11.8 Å². The second-order valence-corrected chi connectivity index (χ2v) is 5.24. The van der Waals surface area contributed by atoms with E-state index in [0.717, 1.165) is 44.5 Å². The quantitative estimate of drug-likeness (QED) is 0.717. The van der Waals surface area contributed by atoms with Gasteiger partial charge in [-0.1, -0.05) is 45.7 Å². The number of amides is 1. The summed E-state index contributed by atoms with van der Waals surface area (Å²) in [6.45, 7) is 8.19. The molecular formula is C17H28N2O. The molecule has 112 valence electrons. The zero-order chi connectivity index (χ0) is 14.8. The normalized spacial score (nSPS) is 10.8. The van der Waals surface area contributed by atoms with E-state index < -0.39 is 0 Å². The Morgan fingerprint density at radius 3 is 2.15 bits per heavy atom. The smallest absolute Gasteiger partial charge is 0.227 e. The number of anilines is 1. The molecule has 0 aliphatic carbocycles. The van der Waals surface area contributed by atoms with Gasteiger partial charge in [-0.2, -0.15) is 0 Å². The van der Waals surface area contributed by atoms with Gasteiger partial charge in [-0.05, 0) is 37.1 Å². The van der Waals surface area contributed by atoms with Gasteiger partial charge in [0, 0.05) is 18.2 Å². The third kappa shape index (κ3) is 5.74. The van der Waals surface area contributed by atoms with Gasteiger partial charge in [0.1, 0.15) is 0 Å². The molecule has 20 heavy (non-hydrogen) atoms. The van der Waals surface area contributed by atoms with Crippen LogP contribution in [0.5, 0.6) is 0 Å². The molecule has 0 atom stereocenters. The van der Waals surface area contributed by atoms with Crippen molar-refractivity contribution in [3.05, 3.63) is 29.8 Å². The van der Waals surface area contributed by atoms with E-state index in [1.807, 2.05) is 12.1 Å². The van der Waals surface area contributed by atoms with Gasteiger partial charge in [0.25, 0.3) is 0 Å². The Balaban J connectivity index is 2.55. The molecule has 3 nitrogen and oxygen atoms in total. The summed E-state index contributed by atoms with van der Waals surface area (Å²) in [5, 5.41) is 6.32. The molecule has 1 aromatic rings. The van der Waals surface area contributed by atoms with Gasteiger partial charge in [0.2, 0.25) is 5.91 Å². The Labute approximate surface area is 123 Å². The van der Waals surface area contributed by atoms with Crippen LogP contribution in [0.3, 0.4) is 0 Å². The number of rotatable bonds is 9. The van der Waals surface area contributed by atoms with Crippen LogP contribution in [0.1, 0.15) is 52.0 Å². The van der Waals surface area contributed by atoms with Crippen molar-refractivity contribution in [2.75, 3.05) is 11.9 Å². The Morgan fingerprint density at radius 1 is 1.05 bits per heavy atom. The molecule has 0 spiro atoms. The maximum atomic E-state index is 12.2. The molecular weight excluding hydrogens is 248 g/mol. The SMILES string of the molecule is CCCC(CCC)C(=O)Nc1ccc(CNCC)cc1. The van der Waals surface area contributed by atoms with Crippen molar-refractivity contribution < 1.29 is 4.79 Å². The van der Waals surface area contributed by atoms with Gasteiger partial charge >= 0.3 is 0 Å². The summed E-state index contributed by atoms with van der Waals surface area (Å²) < 4.78 is 0. The molecule has 0 saturated carbocycles. The maximum Gasteiger partial charge on any atom is 0.227 e. The molecule has 1 amide bonds. The Bertz CT molecular complexity index is 380. The minimum Gasteiger partial charge on any atom is -0.326 e. The molecule has 1 aromatic carbocycles. The second kappa shape index (κ2) is 9.54. The lowest BCUT2D eigenvalue weighted by Crippen LogP contribution is -2.22. The standard InChI is InChI=1S/C17H28N2O/c1-4-7-15(8-5-2)17(20)19-16-11-9-14(10-12-16)13-18-6-3/h9-12,15,18H,4-8,13H2,1-3H3,(H,19,20). The largest absolute Gasteiger partial charge is 0.326 e. The predicted octanol–water partition coefficient (Wildman–Crippen LogP) is 3.95. The molecule has 0 bridgehead atoms. The average Bonchev–Trinajstić information content (AvgIpc) is 2.46. The van der Waals surface area contributed by atoms with E-state index in [9.17, 15) is 4.79 Å². The van der Waals surface area contributed by atoms with E-state index >= 15 is 0 Å². The summed E-state index contributed by atoms with van der Waals surface area (Å²) >= 11 is 0. The van der Waals surface area contributed by atoms with Crippen LogP contribution in [0.4, 0.5) is 5.69 Å². The van der Waals surface area contributed by atoms with E-state index in [2.05, 4.69) is 43.5 Å². The lowest BCUT2D eigenvalue weighted by atomic mass is 9.97. The summed E-state index contributed by atoms with van der Waals surface area (Å²) in [6, 6.07) is 8.10. The monoisotopic (exact) mass is 276 g/mol. The highest BCUT2D eigenvalue weighted by molar-refractivity contribution is 5.92. The minimum atomic E-state index is 0.145. The van der Waals surface area contributed by atoms with E-state index in [1.165, 1.54) is 5.56 Å². The highest BCUT2D eigenvalue weighted by Gasteiger charge is 2.16. The minimum absolute atomic E-state index is 0.145. The van der Waals surface area contributed by atoms with Crippen LogP contribution in [-0.2, 0) is 11.3 Å². The van der Waals surface area contributed by atoms with Crippen molar-refractivity contribution >= 4 is 11.6 Å². The van der Waals surface area contributed by atoms with Crippen molar-refractivity contribution in [2.24, 2.45) is 5.92 Å². The number of carbonyl (C=O) groups is 1. The fourth-order valence-electron chi connectivity index (χ4n) is 2.32. The van der Waals surface area contributed by atoms with Crippen LogP contribution in [0, 0.1) is 5.92 Å². The lowest BCUT2D eigenvalue weighted by molar-refractivity contribution is -0.120. The van der Waals surface area contributed by atoms with Gasteiger partial charge in [0.05, 0.1) is 0 Å². The molecule has 0 unspecified atom stereocenters. The summed E-state index contributed by atoms with van der Waals surface area (Å²) in [5.74, 6) is 0.305. The summed E-state index contributed by atoms with van der Waals surface area (Å²) in [7, 11) is 0. The van der Waals surface area contributed by atoms with Gasteiger partial charge in [-0.3, -0.25) is 4.79 Å². The van der Waals surface area contributed by atoms with Crippen molar-refractivity contribution in [1.29, 1.82) is 0 Å². The first-order chi connectivity index (χ1) is 9.71. The van der Waals surface area contributed by atoms with E-state index in [1.54, 1.807) is 0 Å².